The van der Waals surface area contributed by atoms with Gasteiger partial charge in [-0.2, -0.15) is 0 Å². The highest BCUT2D eigenvalue weighted by Crippen LogP contribution is 2.10. The number of unbranched alkanes of at least 4 members (excludes halogenated alkanes) is 2. The van der Waals surface area contributed by atoms with Crippen LogP contribution in [0.1, 0.15) is 47.0 Å². The van der Waals surface area contributed by atoms with Crippen LogP contribution in [-0.2, 0) is 9.53 Å². The molecular weight excluding hydrogens is 222 g/mol. The Kier molecular flexibility index (Phi) is 6.61. The Morgan fingerprint density at radius 3 is 2.24 bits per heavy atom. The van der Waals surface area contributed by atoms with Gasteiger partial charge in [-0.3, -0.25) is 9.69 Å². The number of aliphatic carboxylic acids is 1. The van der Waals surface area contributed by atoms with Crippen LogP contribution in [0.15, 0.2) is 0 Å². The number of carbonyl (C=O) groups is 2. The van der Waals surface area contributed by atoms with Crippen molar-refractivity contribution in [2.24, 2.45) is 0 Å². The Morgan fingerprint density at radius 1 is 1.24 bits per heavy atom. The van der Waals surface area contributed by atoms with Crippen molar-refractivity contribution >= 4 is 12.1 Å². The molecule has 0 aromatic rings. The molecule has 0 rings (SSSR count). The van der Waals surface area contributed by atoms with E-state index in [0.29, 0.717) is 6.54 Å². The lowest BCUT2D eigenvalue weighted by atomic mass is 10.2. The van der Waals surface area contributed by atoms with Crippen molar-refractivity contribution < 1.29 is 19.4 Å². The van der Waals surface area contributed by atoms with E-state index >= 15 is 0 Å². The minimum Gasteiger partial charge on any atom is -0.480 e. The van der Waals surface area contributed by atoms with Crippen molar-refractivity contribution in [3.63, 3.8) is 0 Å². The van der Waals surface area contributed by atoms with E-state index in [9.17, 15) is 9.59 Å². The van der Waals surface area contributed by atoms with E-state index in [1.165, 1.54) is 4.90 Å². The number of hydrogen-bond acceptors (Lipinski definition) is 3. The molecule has 0 unspecified atom stereocenters. The van der Waals surface area contributed by atoms with Crippen LogP contribution in [0, 0.1) is 0 Å². The molecular formula is C12H23NO4. The molecule has 0 spiro atoms. The first kappa shape index (κ1) is 15.7. The molecule has 5 nitrogen and oxygen atoms in total. The summed E-state index contributed by atoms with van der Waals surface area (Å²) in [5, 5.41) is 8.74. The maximum Gasteiger partial charge on any atom is 0.410 e. The predicted molar refractivity (Wildman–Crippen MR) is 65.0 cm³/mol. The first-order chi connectivity index (χ1) is 7.76. The molecule has 5 heteroatoms. The minimum atomic E-state index is -1.02. The first-order valence-corrected chi connectivity index (χ1v) is 5.96. The maximum absolute atomic E-state index is 11.7. The second-order valence-corrected chi connectivity index (χ2v) is 5.00. The lowest BCUT2D eigenvalue weighted by Crippen LogP contribution is -2.40. The molecule has 0 bridgehead atoms. The van der Waals surface area contributed by atoms with Gasteiger partial charge < -0.3 is 9.84 Å². The number of carbonyl (C=O) groups excluding carboxylic acids is 1. The average molecular weight is 245 g/mol. The summed E-state index contributed by atoms with van der Waals surface area (Å²) in [6, 6.07) is 0. The number of ether oxygens (including phenoxy) is 1. The van der Waals surface area contributed by atoms with Gasteiger partial charge in [0.15, 0.2) is 0 Å². The van der Waals surface area contributed by atoms with Crippen molar-refractivity contribution in [3.8, 4) is 0 Å². The molecule has 0 aliphatic rings. The molecule has 17 heavy (non-hydrogen) atoms. The van der Waals surface area contributed by atoms with Crippen LogP contribution in [0.2, 0.25) is 0 Å². The Morgan fingerprint density at radius 2 is 1.82 bits per heavy atom. The van der Waals surface area contributed by atoms with Crippen molar-refractivity contribution in [2.75, 3.05) is 13.1 Å². The number of nitrogens with zero attached hydrogens (tertiary/aromatic N) is 1. The summed E-state index contributed by atoms with van der Waals surface area (Å²) in [4.78, 5) is 23.6. The van der Waals surface area contributed by atoms with Gasteiger partial charge in [0, 0.05) is 6.54 Å². The summed E-state index contributed by atoms with van der Waals surface area (Å²) in [6.45, 7) is 7.45. The Hall–Kier alpha value is -1.26. The van der Waals surface area contributed by atoms with Gasteiger partial charge in [0.25, 0.3) is 0 Å². The average Bonchev–Trinajstić information content (AvgIpc) is 2.13. The Balaban J connectivity index is 4.34. The van der Waals surface area contributed by atoms with Gasteiger partial charge in [-0.05, 0) is 27.2 Å². The van der Waals surface area contributed by atoms with E-state index in [1.54, 1.807) is 20.8 Å². The highest BCUT2D eigenvalue weighted by molar-refractivity contribution is 5.76. The summed E-state index contributed by atoms with van der Waals surface area (Å²) >= 11 is 0. The van der Waals surface area contributed by atoms with E-state index < -0.39 is 17.7 Å². The zero-order chi connectivity index (χ0) is 13.5. The number of carboxylic acids is 1. The zero-order valence-corrected chi connectivity index (χ0v) is 11.2. The van der Waals surface area contributed by atoms with Gasteiger partial charge >= 0.3 is 12.1 Å². The summed E-state index contributed by atoms with van der Waals surface area (Å²) in [7, 11) is 0. The summed E-state index contributed by atoms with van der Waals surface area (Å²) < 4.78 is 5.16. The summed E-state index contributed by atoms with van der Waals surface area (Å²) in [6.07, 6.45) is 2.23. The molecule has 1 amide bonds. The van der Waals surface area contributed by atoms with E-state index in [0.717, 1.165) is 19.3 Å². The Labute approximate surface area is 103 Å². The van der Waals surface area contributed by atoms with Gasteiger partial charge in [0.1, 0.15) is 12.1 Å². The predicted octanol–water partition coefficient (Wildman–Crippen LogP) is 2.50. The Bertz CT molecular complexity index is 258. The van der Waals surface area contributed by atoms with Crippen molar-refractivity contribution in [2.45, 2.75) is 52.6 Å². The lowest BCUT2D eigenvalue weighted by Gasteiger charge is -2.26. The van der Waals surface area contributed by atoms with Crippen LogP contribution in [0.3, 0.4) is 0 Å². The molecule has 0 aliphatic heterocycles. The first-order valence-electron chi connectivity index (χ1n) is 5.96. The monoisotopic (exact) mass is 245 g/mol. The lowest BCUT2D eigenvalue weighted by molar-refractivity contribution is -0.138. The van der Waals surface area contributed by atoms with Crippen LogP contribution in [0.4, 0.5) is 4.79 Å². The maximum atomic E-state index is 11.7. The second kappa shape index (κ2) is 7.14. The molecule has 0 aromatic heterocycles. The second-order valence-electron chi connectivity index (χ2n) is 5.00. The van der Waals surface area contributed by atoms with E-state index in [-0.39, 0.29) is 6.54 Å². The highest BCUT2D eigenvalue weighted by Gasteiger charge is 2.23. The molecule has 0 atom stereocenters. The van der Waals surface area contributed by atoms with Crippen LogP contribution >= 0.6 is 0 Å². The molecule has 100 valence electrons. The fourth-order valence-corrected chi connectivity index (χ4v) is 1.28. The van der Waals surface area contributed by atoms with E-state index in [2.05, 4.69) is 6.92 Å². The largest absolute Gasteiger partial charge is 0.480 e. The fraction of sp³-hybridized carbons (Fsp3) is 0.833. The minimum absolute atomic E-state index is 0.307. The molecule has 0 heterocycles. The molecule has 0 saturated heterocycles. The molecule has 1 N–H and O–H groups in total. The quantitative estimate of drug-likeness (QED) is 0.730. The van der Waals surface area contributed by atoms with Crippen LogP contribution in [-0.4, -0.2) is 40.8 Å². The normalized spacial score (nSPS) is 11.1. The number of carboxylic acid groups (broad SMARTS) is 1. The molecule has 0 fully saturated rings. The smallest absolute Gasteiger partial charge is 0.410 e. The van der Waals surface area contributed by atoms with Gasteiger partial charge in [-0.25, -0.2) is 4.79 Å². The molecule has 0 saturated carbocycles. The topological polar surface area (TPSA) is 66.8 Å². The third-order valence-electron chi connectivity index (χ3n) is 2.01. The van der Waals surface area contributed by atoms with Gasteiger partial charge in [0.2, 0.25) is 0 Å². The van der Waals surface area contributed by atoms with Gasteiger partial charge in [-0.15, -0.1) is 0 Å². The standard InChI is InChI=1S/C12H23NO4/c1-5-6-7-8-13(9-10(14)15)11(16)17-12(2,3)4/h5-9H2,1-4H3,(H,14,15). The van der Waals surface area contributed by atoms with Gasteiger partial charge in [-0.1, -0.05) is 19.8 Å². The number of amides is 1. The number of rotatable bonds is 6. The molecule has 0 aliphatic carbocycles. The van der Waals surface area contributed by atoms with Crippen LogP contribution in [0.25, 0.3) is 0 Å². The fourth-order valence-electron chi connectivity index (χ4n) is 1.28. The third kappa shape index (κ3) is 8.54. The third-order valence-corrected chi connectivity index (χ3v) is 2.01. The SMILES string of the molecule is CCCCCN(CC(=O)O)C(=O)OC(C)(C)C. The number of hydrogen-bond donors (Lipinski definition) is 1. The van der Waals surface area contributed by atoms with Crippen LogP contribution in [0.5, 0.6) is 0 Å². The highest BCUT2D eigenvalue weighted by atomic mass is 16.6. The van der Waals surface area contributed by atoms with E-state index in [1.807, 2.05) is 0 Å². The van der Waals surface area contributed by atoms with Crippen molar-refractivity contribution in [1.82, 2.24) is 4.90 Å². The molecule has 0 aromatic carbocycles. The van der Waals surface area contributed by atoms with Gasteiger partial charge in [0.05, 0.1) is 0 Å². The summed E-state index contributed by atoms with van der Waals surface area (Å²) in [5.41, 5.74) is -0.599. The van der Waals surface area contributed by atoms with Crippen molar-refractivity contribution in [3.05, 3.63) is 0 Å². The van der Waals surface area contributed by atoms with E-state index in [4.69, 9.17) is 9.84 Å². The van der Waals surface area contributed by atoms with Crippen LogP contribution < -0.4 is 0 Å². The van der Waals surface area contributed by atoms with Crippen molar-refractivity contribution in [1.29, 1.82) is 0 Å². The summed E-state index contributed by atoms with van der Waals surface area (Å²) in [5.74, 6) is -1.02. The molecule has 0 radical (unpaired) electrons. The zero-order valence-electron chi connectivity index (χ0n) is 11.2.